The molecule has 8 heteroatoms. The minimum absolute atomic E-state index is 0.204. The summed E-state index contributed by atoms with van der Waals surface area (Å²) in [5.41, 5.74) is 2.20. The van der Waals surface area contributed by atoms with Gasteiger partial charge in [-0.2, -0.15) is 0 Å². The second-order valence-electron chi connectivity index (χ2n) is 8.89. The molecule has 0 unspecified atom stereocenters. The third-order valence-electron chi connectivity index (χ3n) is 5.86. The molecule has 1 heterocycles. The maximum absolute atomic E-state index is 13.1. The number of benzene rings is 2. The fourth-order valence-electron chi connectivity index (χ4n) is 3.63. The Kier molecular flexibility index (Phi) is 6.86. The number of carbonyl (C=O) groups excluding carboxylic acids is 4. The number of amides is 5. The smallest absolute Gasteiger partial charge is 0.325 e. The van der Waals surface area contributed by atoms with Crippen molar-refractivity contribution in [1.82, 2.24) is 15.1 Å². The molecular weight excluding hydrogens is 420 g/mol. The molecule has 33 heavy (non-hydrogen) atoms. The highest BCUT2D eigenvalue weighted by atomic mass is 16.2. The van der Waals surface area contributed by atoms with E-state index in [1.807, 2.05) is 43.3 Å². The van der Waals surface area contributed by atoms with Crippen molar-refractivity contribution >= 4 is 29.4 Å². The molecule has 0 aliphatic carbocycles. The van der Waals surface area contributed by atoms with Crippen molar-refractivity contribution in [3.05, 3.63) is 65.2 Å². The number of anilines is 1. The van der Waals surface area contributed by atoms with Gasteiger partial charge < -0.3 is 15.5 Å². The van der Waals surface area contributed by atoms with Gasteiger partial charge in [-0.1, -0.05) is 55.8 Å². The van der Waals surface area contributed by atoms with Gasteiger partial charge in [0.25, 0.3) is 5.91 Å². The topological polar surface area (TPSA) is 98.8 Å². The summed E-state index contributed by atoms with van der Waals surface area (Å²) >= 11 is 0. The van der Waals surface area contributed by atoms with Gasteiger partial charge in [-0.25, -0.2) is 4.79 Å². The molecule has 1 saturated heterocycles. The average Bonchev–Trinajstić information content (AvgIpc) is 2.99. The van der Waals surface area contributed by atoms with Gasteiger partial charge in [-0.3, -0.25) is 19.3 Å². The molecule has 174 valence electrons. The second kappa shape index (κ2) is 9.44. The van der Waals surface area contributed by atoms with Gasteiger partial charge in [0.15, 0.2) is 0 Å². The zero-order chi connectivity index (χ0) is 24.3. The summed E-state index contributed by atoms with van der Waals surface area (Å²) in [5, 5.41) is 5.43. The van der Waals surface area contributed by atoms with E-state index in [9.17, 15) is 19.2 Å². The molecule has 2 aromatic carbocycles. The molecule has 8 nitrogen and oxygen atoms in total. The van der Waals surface area contributed by atoms with E-state index in [4.69, 9.17) is 0 Å². The number of rotatable bonds is 7. The van der Waals surface area contributed by atoms with Crippen molar-refractivity contribution < 1.29 is 19.2 Å². The standard InChI is InChI=1S/C25H30N4O4/c1-16(2)18-8-10-19(11-9-18)25(4)23(32)29(24(33)27-25)15-22(31)28(5)14-21(30)26-20-12-6-17(3)7-13-20/h6-13,16H,14-15H2,1-5H3,(H,26,30)(H,27,33)/t25-/m1/s1. The minimum atomic E-state index is -1.26. The van der Waals surface area contributed by atoms with Gasteiger partial charge in [-0.15, -0.1) is 0 Å². The summed E-state index contributed by atoms with van der Waals surface area (Å²) in [6.07, 6.45) is 0. The Morgan fingerprint density at radius 2 is 1.67 bits per heavy atom. The number of urea groups is 1. The molecule has 0 saturated carbocycles. The first-order chi connectivity index (χ1) is 15.5. The second-order valence-corrected chi connectivity index (χ2v) is 8.89. The van der Waals surface area contributed by atoms with E-state index in [0.29, 0.717) is 17.2 Å². The maximum atomic E-state index is 13.1. The van der Waals surface area contributed by atoms with Crippen LogP contribution in [0.5, 0.6) is 0 Å². The Balaban J connectivity index is 1.62. The molecule has 0 radical (unpaired) electrons. The van der Waals surface area contributed by atoms with E-state index in [0.717, 1.165) is 16.0 Å². The Hall–Kier alpha value is -3.68. The largest absolute Gasteiger partial charge is 0.335 e. The summed E-state index contributed by atoms with van der Waals surface area (Å²) in [4.78, 5) is 52.7. The van der Waals surface area contributed by atoms with Crippen LogP contribution in [0, 0.1) is 6.92 Å². The van der Waals surface area contributed by atoms with Crippen molar-refractivity contribution in [3.8, 4) is 0 Å². The molecule has 1 aliphatic heterocycles. The van der Waals surface area contributed by atoms with Crippen LogP contribution in [0.3, 0.4) is 0 Å². The molecule has 3 rings (SSSR count). The third-order valence-corrected chi connectivity index (χ3v) is 5.86. The maximum Gasteiger partial charge on any atom is 0.325 e. The first-order valence-electron chi connectivity index (χ1n) is 10.9. The highest BCUT2D eigenvalue weighted by Crippen LogP contribution is 2.30. The van der Waals surface area contributed by atoms with Crippen LogP contribution >= 0.6 is 0 Å². The van der Waals surface area contributed by atoms with Crippen LogP contribution < -0.4 is 10.6 Å². The van der Waals surface area contributed by atoms with Crippen LogP contribution in [0.1, 0.15) is 43.4 Å². The van der Waals surface area contributed by atoms with Gasteiger partial charge in [0, 0.05) is 12.7 Å². The monoisotopic (exact) mass is 450 g/mol. The van der Waals surface area contributed by atoms with Crippen LogP contribution in [-0.2, 0) is 19.9 Å². The minimum Gasteiger partial charge on any atom is -0.335 e. The summed E-state index contributed by atoms with van der Waals surface area (Å²) in [7, 11) is 1.46. The zero-order valence-corrected chi connectivity index (χ0v) is 19.6. The zero-order valence-electron chi connectivity index (χ0n) is 19.6. The molecular formula is C25H30N4O4. The summed E-state index contributed by atoms with van der Waals surface area (Å²) in [5.74, 6) is -1.05. The number of nitrogens with one attached hydrogen (secondary N) is 2. The van der Waals surface area contributed by atoms with Crippen molar-refractivity contribution in [2.45, 2.75) is 39.2 Å². The fourth-order valence-corrected chi connectivity index (χ4v) is 3.63. The number of aryl methyl sites for hydroxylation is 1. The molecule has 2 N–H and O–H groups in total. The lowest BCUT2D eigenvalue weighted by molar-refractivity contribution is -0.139. The predicted octanol–water partition coefficient (Wildman–Crippen LogP) is 2.98. The van der Waals surface area contributed by atoms with Crippen molar-refractivity contribution in [1.29, 1.82) is 0 Å². The van der Waals surface area contributed by atoms with Crippen LogP contribution in [0.2, 0.25) is 0 Å². The van der Waals surface area contributed by atoms with Gasteiger partial charge in [0.1, 0.15) is 12.1 Å². The molecule has 1 fully saturated rings. The first kappa shape index (κ1) is 24.0. The average molecular weight is 451 g/mol. The number of hydrogen-bond donors (Lipinski definition) is 2. The van der Waals surface area contributed by atoms with E-state index < -0.39 is 29.9 Å². The lowest BCUT2D eigenvalue weighted by Crippen LogP contribution is -2.45. The highest BCUT2D eigenvalue weighted by Gasteiger charge is 2.49. The van der Waals surface area contributed by atoms with E-state index in [1.165, 1.54) is 11.9 Å². The lowest BCUT2D eigenvalue weighted by Gasteiger charge is -2.23. The Labute approximate surface area is 193 Å². The van der Waals surface area contributed by atoms with Crippen molar-refractivity contribution in [2.75, 3.05) is 25.5 Å². The summed E-state index contributed by atoms with van der Waals surface area (Å²) < 4.78 is 0. The summed E-state index contributed by atoms with van der Waals surface area (Å²) in [6, 6.07) is 14.2. The predicted molar refractivity (Wildman–Crippen MR) is 126 cm³/mol. The van der Waals surface area contributed by atoms with E-state index in [1.54, 1.807) is 19.1 Å². The number of nitrogens with zero attached hydrogens (tertiary/aromatic N) is 2. The Morgan fingerprint density at radius 3 is 2.24 bits per heavy atom. The van der Waals surface area contributed by atoms with Crippen LogP contribution in [0.15, 0.2) is 48.5 Å². The van der Waals surface area contributed by atoms with Crippen LogP contribution in [0.4, 0.5) is 10.5 Å². The van der Waals surface area contributed by atoms with Crippen molar-refractivity contribution in [2.24, 2.45) is 0 Å². The molecule has 5 amide bonds. The van der Waals surface area contributed by atoms with E-state index in [-0.39, 0.29) is 12.5 Å². The van der Waals surface area contributed by atoms with Crippen LogP contribution in [0.25, 0.3) is 0 Å². The number of likely N-dealkylation sites (N-methyl/N-ethyl adjacent to an activating group) is 1. The van der Waals surface area contributed by atoms with E-state index >= 15 is 0 Å². The van der Waals surface area contributed by atoms with Gasteiger partial charge in [0.2, 0.25) is 11.8 Å². The SMILES string of the molecule is Cc1ccc(NC(=O)CN(C)C(=O)CN2C(=O)N[C@](C)(c3ccc(C(C)C)cc3)C2=O)cc1. The van der Waals surface area contributed by atoms with Crippen molar-refractivity contribution in [3.63, 3.8) is 0 Å². The molecule has 2 aromatic rings. The molecule has 0 spiro atoms. The van der Waals surface area contributed by atoms with Gasteiger partial charge in [0.05, 0.1) is 6.54 Å². The number of hydrogen-bond acceptors (Lipinski definition) is 4. The molecule has 0 bridgehead atoms. The molecule has 1 atom stereocenters. The Morgan fingerprint density at radius 1 is 1.06 bits per heavy atom. The summed E-state index contributed by atoms with van der Waals surface area (Å²) in [6.45, 7) is 7.07. The first-order valence-corrected chi connectivity index (χ1v) is 10.9. The molecule has 1 aliphatic rings. The van der Waals surface area contributed by atoms with E-state index in [2.05, 4.69) is 24.5 Å². The third kappa shape index (κ3) is 5.22. The normalized spacial score (nSPS) is 17.8. The molecule has 0 aromatic heterocycles. The lowest BCUT2D eigenvalue weighted by atomic mass is 9.90. The van der Waals surface area contributed by atoms with Gasteiger partial charge in [-0.05, 0) is 43.0 Å². The van der Waals surface area contributed by atoms with Crippen LogP contribution in [-0.4, -0.2) is 53.7 Å². The quantitative estimate of drug-likeness (QED) is 0.634. The Bertz CT molecular complexity index is 1060. The number of imide groups is 1. The number of carbonyl (C=O) groups is 4. The fraction of sp³-hybridized carbons (Fsp3) is 0.360. The van der Waals surface area contributed by atoms with Gasteiger partial charge >= 0.3 is 6.03 Å². The highest BCUT2D eigenvalue weighted by molar-refractivity contribution is 6.09.